The third-order valence-electron chi connectivity index (χ3n) is 16.6. The number of phosphoric acid groups is 2. The molecule has 0 saturated heterocycles. The summed E-state index contributed by atoms with van der Waals surface area (Å²) >= 11 is 0. The zero-order valence-electron chi connectivity index (χ0n) is 66.5. The first-order valence-corrected chi connectivity index (χ1v) is 44.1. The number of allylic oxidation sites excluding steroid dienone is 30. The molecule has 5 atom stereocenters. The van der Waals surface area contributed by atoms with Crippen LogP contribution in [0.4, 0.5) is 0 Å². The number of hydrogen-bond acceptors (Lipinski definition) is 14. The predicted octanol–water partition coefficient (Wildman–Crippen LogP) is 24.5. The summed E-state index contributed by atoms with van der Waals surface area (Å²) in [5.74, 6) is -1.64. The first kappa shape index (κ1) is 102. The lowest BCUT2D eigenvalue weighted by molar-refractivity contribution is -0.161. The van der Waals surface area contributed by atoms with Gasteiger partial charge in [-0.1, -0.05) is 312 Å². The highest BCUT2D eigenvalue weighted by atomic mass is 31.2. The molecule has 0 aliphatic heterocycles. The van der Waals surface area contributed by atoms with E-state index in [9.17, 15) is 43.5 Å². The van der Waals surface area contributed by atoms with Gasteiger partial charge in [0.15, 0.2) is 6.10 Å². The van der Waals surface area contributed by atoms with Crippen LogP contribution in [0.3, 0.4) is 0 Å². The van der Waals surface area contributed by atoms with E-state index in [2.05, 4.69) is 203 Å². The van der Waals surface area contributed by atoms with E-state index in [1.807, 2.05) is 0 Å². The van der Waals surface area contributed by atoms with E-state index >= 15 is 0 Å². The van der Waals surface area contributed by atoms with E-state index in [1.54, 1.807) is 0 Å². The number of esters is 3. The van der Waals surface area contributed by atoms with Gasteiger partial charge in [-0.3, -0.25) is 32.5 Å². The van der Waals surface area contributed by atoms with Gasteiger partial charge < -0.3 is 34.2 Å². The van der Waals surface area contributed by atoms with Crippen LogP contribution in [0.1, 0.15) is 303 Å². The van der Waals surface area contributed by atoms with E-state index in [4.69, 9.17) is 32.3 Å². The molecule has 0 aliphatic carbocycles. The molecule has 0 bridgehead atoms. The maximum absolute atomic E-state index is 13.0. The van der Waals surface area contributed by atoms with Gasteiger partial charge in [0.25, 0.3) is 0 Å². The summed E-state index contributed by atoms with van der Waals surface area (Å²) in [6.45, 7) is 2.27. The molecule has 18 heteroatoms. The highest BCUT2D eigenvalue weighted by molar-refractivity contribution is 7.47. The summed E-state index contributed by atoms with van der Waals surface area (Å²) in [7, 11) is -9.82. The van der Waals surface area contributed by atoms with E-state index in [1.165, 1.54) is 77.0 Å². The van der Waals surface area contributed by atoms with E-state index in [0.29, 0.717) is 19.3 Å². The Balaban J connectivity index is 4.60. The minimum atomic E-state index is -4.96. The molecule has 0 heterocycles. The number of hydrogen-bond donors (Lipinski definition) is 4. The van der Waals surface area contributed by atoms with Crippen molar-refractivity contribution in [2.45, 2.75) is 322 Å². The molecule has 5 unspecified atom stereocenters. The Labute approximate surface area is 649 Å². The third-order valence-corrected chi connectivity index (χ3v) is 18.5. The number of aliphatic hydroxyl groups is 2. The summed E-state index contributed by atoms with van der Waals surface area (Å²) < 4.78 is 61.2. The van der Waals surface area contributed by atoms with Gasteiger partial charge in [0.1, 0.15) is 25.4 Å². The highest BCUT2D eigenvalue weighted by Gasteiger charge is 2.29. The molecule has 0 spiro atoms. The van der Waals surface area contributed by atoms with E-state index in [-0.39, 0.29) is 19.3 Å². The average molecular weight is 1530 g/mol. The van der Waals surface area contributed by atoms with Crippen molar-refractivity contribution in [3.05, 3.63) is 182 Å². The molecule has 0 saturated carbocycles. The average Bonchev–Trinajstić information content (AvgIpc) is 0.906. The number of phosphoric ester groups is 2. The monoisotopic (exact) mass is 1530 g/mol. The highest BCUT2D eigenvalue weighted by Crippen LogP contribution is 2.45. The predicted molar refractivity (Wildman–Crippen MR) is 445 cm³/mol. The fourth-order valence-electron chi connectivity index (χ4n) is 10.5. The maximum atomic E-state index is 13.0. The van der Waals surface area contributed by atoms with Crippen LogP contribution in [0.25, 0.3) is 0 Å². The number of carbonyl (C=O) groups is 3. The number of rotatable bonds is 76. The summed E-state index contributed by atoms with van der Waals surface area (Å²) in [5, 5.41) is 20.7. The topological polar surface area (TPSA) is 231 Å². The molecule has 0 rings (SSSR count). The minimum absolute atomic E-state index is 0.0541. The van der Waals surface area contributed by atoms with Crippen LogP contribution >= 0.6 is 15.6 Å². The number of aliphatic hydroxyl groups excluding tert-OH is 2. The van der Waals surface area contributed by atoms with Crippen LogP contribution in [0, 0.1) is 0 Å². The quantitative estimate of drug-likeness (QED) is 0.0146. The van der Waals surface area contributed by atoms with Gasteiger partial charge in [-0.05, 0) is 154 Å². The molecular weight excluding hydrogens is 1390 g/mol. The molecule has 0 amide bonds. The molecule has 0 aromatic heterocycles. The van der Waals surface area contributed by atoms with Crippen LogP contribution < -0.4 is 0 Å². The zero-order valence-corrected chi connectivity index (χ0v) is 68.3. The molecular formula is C89H146O16P2. The van der Waals surface area contributed by atoms with Crippen molar-refractivity contribution in [1.29, 1.82) is 0 Å². The van der Waals surface area contributed by atoms with Gasteiger partial charge in [0, 0.05) is 19.3 Å². The standard InChI is InChI=1S/C89H146O16P2/c1-4-7-10-13-16-19-22-25-28-31-34-36-37-38-39-40-41-42-43-44-45-47-50-51-54-57-60-63-66-69-72-75-87(92)99-78-84(90)79-101-106(95,96)102-80-85(91)81-103-107(97,98)104-83-86(105-89(94)77-74-71-68-65-62-59-56-53-48-33-30-27-24-21-18-15-12-9-6-3)82-100-88(93)76-73-70-67-64-61-58-55-52-49-46-35-32-29-26-23-20-17-14-11-8-5-2/h7-12,16-21,25-30,34-36,38-39,46,48,52-53,55,59,62,84-86,90-91H,4-6,13-15,22-24,31-33,37,40-45,47,49-51,54,56-58,60-61,63-83H2,1-3H3,(H,95,96)(H,97,98)/b10-7-,11-8-,12-9-,19-16-,20-17-,21-18-,28-25-,29-26-,30-27-,36-34-,39-38-,46-35-,53-48-,55-52-,62-59-. The molecule has 0 fully saturated rings. The fraction of sp³-hybridized carbons (Fsp3) is 0.629. The number of carbonyl (C=O) groups excluding carboxylic acids is 3. The van der Waals surface area contributed by atoms with Crippen LogP contribution in [0.5, 0.6) is 0 Å². The van der Waals surface area contributed by atoms with Crippen molar-refractivity contribution in [3.63, 3.8) is 0 Å². The Morgan fingerprint density at radius 1 is 0.262 bits per heavy atom. The molecule has 0 radical (unpaired) electrons. The number of unbranched alkanes of at least 4 members (excludes halogenated alkanes) is 23. The second-order valence-corrected chi connectivity index (χ2v) is 29.7. The molecule has 16 nitrogen and oxygen atoms in total. The van der Waals surface area contributed by atoms with Gasteiger partial charge in [-0.15, -0.1) is 0 Å². The largest absolute Gasteiger partial charge is 0.472 e. The summed E-state index contributed by atoms with van der Waals surface area (Å²) in [4.78, 5) is 58.7. The van der Waals surface area contributed by atoms with Crippen LogP contribution in [-0.4, -0.2) is 95.9 Å². The van der Waals surface area contributed by atoms with Gasteiger partial charge >= 0.3 is 33.6 Å². The molecule has 4 N–H and O–H groups in total. The van der Waals surface area contributed by atoms with E-state index in [0.717, 1.165) is 167 Å². The van der Waals surface area contributed by atoms with Crippen molar-refractivity contribution in [1.82, 2.24) is 0 Å². The number of ether oxygens (including phenoxy) is 3. The Morgan fingerprint density at radius 2 is 0.467 bits per heavy atom. The Bertz CT molecular complexity index is 2670. The Kier molecular flexibility index (Phi) is 76.2. The lowest BCUT2D eigenvalue weighted by Gasteiger charge is -2.21. The normalized spacial score (nSPS) is 14.9. The zero-order chi connectivity index (χ0) is 78.0. The van der Waals surface area contributed by atoms with Crippen molar-refractivity contribution in [2.24, 2.45) is 0 Å². The van der Waals surface area contributed by atoms with Gasteiger partial charge in [0.2, 0.25) is 0 Å². The van der Waals surface area contributed by atoms with Crippen LogP contribution in [0.2, 0.25) is 0 Å². The fourth-order valence-corrected chi connectivity index (χ4v) is 12.1. The minimum Gasteiger partial charge on any atom is -0.463 e. The molecule has 107 heavy (non-hydrogen) atoms. The maximum Gasteiger partial charge on any atom is 0.472 e. The molecule has 0 aliphatic rings. The second kappa shape index (κ2) is 80.2. The smallest absolute Gasteiger partial charge is 0.463 e. The van der Waals surface area contributed by atoms with Crippen LogP contribution in [-0.2, 0) is 55.8 Å². The van der Waals surface area contributed by atoms with Gasteiger partial charge in [-0.25, -0.2) is 9.13 Å². The SMILES string of the molecule is CC/C=C\C/C=C\C/C=C\C/C=C\C/C=C\CCCCCCCCCCCCCCCCCC(=O)OCC(O)COP(=O)(O)OCC(O)COP(=O)(O)OCC(COC(=O)CCCCCCC/C=C\C/C=C\C/C=C\C/C=C\C/C=C\CC)OC(=O)CCCCC/C=C\C/C=C\C/C=C\C/C=C\C/C=C\CC. The molecule has 608 valence electrons. The molecule has 0 aromatic carbocycles. The lowest BCUT2D eigenvalue weighted by atomic mass is 10.0. The second-order valence-electron chi connectivity index (χ2n) is 26.8. The van der Waals surface area contributed by atoms with E-state index < -0.39 is 91.5 Å². The Morgan fingerprint density at radius 3 is 0.748 bits per heavy atom. The van der Waals surface area contributed by atoms with Crippen molar-refractivity contribution in [2.75, 3.05) is 39.6 Å². The van der Waals surface area contributed by atoms with Crippen molar-refractivity contribution < 1.29 is 75.8 Å². The first-order chi connectivity index (χ1) is 52.2. The van der Waals surface area contributed by atoms with Gasteiger partial charge in [-0.2, -0.15) is 0 Å². The third kappa shape index (κ3) is 81.5. The van der Waals surface area contributed by atoms with Gasteiger partial charge in [0.05, 0.1) is 26.4 Å². The van der Waals surface area contributed by atoms with Crippen molar-refractivity contribution >= 4 is 33.6 Å². The summed E-state index contributed by atoms with van der Waals surface area (Å²) in [6, 6.07) is 0. The lowest BCUT2D eigenvalue weighted by Crippen LogP contribution is -2.30. The Hall–Kier alpha value is -5.35. The summed E-state index contributed by atoms with van der Waals surface area (Å²) in [5.41, 5.74) is 0. The molecule has 0 aromatic rings. The van der Waals surface area contributed by atoms with Crippen LogP contribution in [0.15, 0.2) is 182 Å². The van der Waals surface area contributed by atoms with Crippen molar-refractivity contribution in [3.8, 4) is 0 Å². The first-order valence-electron chi connectivity index (χ1n) is 41.1. The summed E-state index contributed by atoms with van der Waals surface area (Å²) in [6.07, 6.45) is 104.